The van der Waals surface area contributed by atoms with Gasteiger partial charge in [-0.1, -0.05) is 30.3 Å². The number of benzene rings is 2. The van der Waals surface area contributed by atoms with Gasteiger partial charge in [-0.25, -0.2) is 4.98 Å². The summed E-state index contributed by atoms with van der Waals surface area (Å²) in [5.74, 6) is 0.506. The number of ether oxygens (including phenoxy) is 1. The molecule has 1 fully saturated rings. The number of para-hydroxylation sites is 1. The minimum Gasteiger partial charge on any atom is -0.496 e. The molecular formula is C22H22N4O3. The minimum absolute atomic E-state index is 0.0225. The number of anilines is 1. The topological polar surface area (TPSA) is 87.3 Å². The van der Waals surface area contributed by atoms with Crippen molar-refractivity contribution in [2.24, 2.45) is 0 Å². The van der Waals surface area contributed by atoms with E-state index in [0.29, 0.717) is 30.8 Å². The van der Waals surface area contributed by atoms with Gasteiger partial charge in [0.15, 0.2) is 0 Å². The summed E-state index contributed by atoms with van der Waals surface area (Å²) in [5, 5.41) is 2.93. The number of rotatable bonds is 6. The predicted molar refractivity (Wildman–Crippen MR) is 109 cm³/mol. The molecule has 148 valence electrons. The van der Waals surface area contributed by atoms with E-state index in [-0.39, 0.29) is 11.8 Å². The number of nitrogens with zero attached hydrogens (tertiary/aromatic N) is 2. The van der Waals surface area contributed by atoms with Crippen molar-refractivity contribution >= 4 is 17.5 Å². The van der Waals surface area contributed by atoms with Gasteiger partial charge in [-0.3, -0.25) is 9.59 Å². The maximum absolute atomic E-state index is 12.9. The van der Waals surface area contributed by atoms with Crippen molar-refractivity contribution in [1.29, 1.82) is 0 Å². The number of aromatic nitrogens is 2. The SMILES string of the molecule is COc1ccccc1CN1C(=O)CCC1C(=O)Nc1ccc(-c2cnc[nH]2)cc1. The van der Waals surface area contributed by atoms with Gasteiger partial charge in [-0.05, 0) is 30.2 Å². The van der Waals surface area contributed by atoms with Gasteiger partial charge in [-0.2, -0.15) is 0 Å². The molecule has 0 radical (unpaired) electrons. The zero-order valence-corrected chi connectivity index (χ0v) is 16.1. The monoisotopic (exact) mass is 390 g/mol. The number of H-pyrrole nitrogens is 1. The Morgan fingerprint density at radius 1 is 1.24 bits per heavy atom. The molecule has 0 aliphatic carbocycles. The Morgan fingerprint density at radius 3 is 2.76 bits per heavy atom. The lowest BCUT2D eigenvalue weighted by atomic mass is 10.1. The van der Waals surface area contributed by atoms with Crippen LogP contribution in [0.15, 0.2) is 61.1 Å². The highest BCUT2D eigenvalue weighted by molar-refractivity contribution is 5.99. The van der Waals surface area contributed by atoms with E-state index in [4.69, 9.17) is 4.74 Å². The highest BCUT2D eigenvalue weighted by Gasteiger charge is 2.36. The number of likely N-dealkylation sites (tertiary alicyclic amines) is 1. The highest BCUT2D eigenvalue weighted by atomic mass is 16.5. The zero-order valence-electron chi connectivity index (χ0n) is 16.1. The smallest absolute Gasteiger partial charge is 0.247 e. The Balaban J connectivity index is 1.46. The lowest BCUT2D eigenvalue weighted by molar-refractivity contribution is -0.133. The third kappa shape index (κ3) is 3.99. The molecule has 0 spiro atoms. The summed E-state index contributed by atoms with van der Waals surface area (Å²) in [6.45, 7) is 0.347. The van der Waals surface area contributed by atoms with E-state index in [9.17, 15) is 9.59 Å². The molecule has 1 aliphatic heterocycles. The molecule has 0 saturated carbocycles. The molecule has 2 heterocycles. The van der Waals surface area contributed by atoms with Gasteiger partial charge in [0.2, 0.25) is 11.8 Å². The number of hydrogen-bond acceptors (Lipinski definition) is 4. The fourth-order valence-corrected chi connectivity index (χ4v) is 3.59. The molecule has 29 heavy (non-hydrogen) atoms. The average molecular weight is 390 g/mol. The van der Waals surface area contributed by atoms with E-state index in [2.05, 4.69) is 15.3 Å². The number of carbonyl (C=O) groups excluding carboxylic acids is 2. The molecule has 2 N–H and O–H groups in total. The molecule has 1 aliphatic rings. The van der Waals surface area contributed by atoms with Crippen LogP contribution in [0, 0.1) is 0 Å². The van der Waals surface area contributed by atoms with E-state index in [1.54, 1.807) is 24.5 Å². The summed E-state index contributed by atoms with van der Waals surface area (Å²) < 4.78 is 5.38. The van der Waals surface area contributed by atoms with Crippen LogP contribution in [0.5, 0.6) is 5.75 Å². The summed E-state index contributed by atoms with van der Waals surface area (Å²) in [6.07, 6.45) is 4.24. The van der Waals surface area contributed by atoms with Crippen LogP contribution in [0.1, 0.15) is 18.4 Å². The maximum atomic E-state index is 12.9. The number of carbonyl (C=O) groups is 2. The summed E-state index contributed by atoms with van der Waals surface area (Å²) in [4.78, 5) is 34.0. The molecule has 1 unspecified atom stereocenters. The van der Waals surface area contributed by atoms with Gasteiger partial charge >= 0.3 is 0 Å². The van der Waals surface area contributed by atoms with Crippen LogP contribution in [0.25, 0.3) is 11.3 Å². The standard InChI is InChI=1S/C22H22N4O3/c1-29-20-5-3-2-4-16(20)13-26-19(10-11-21(26)27)22(28)25-17-8-6-15(7-9-17)18-12-23-14-24-18/h2-9,12,14,19H,10-11,13H2,1H3,(H,23,24)(H,25,28). The van der Waals surface area contributed by atoms with Crippen LogP contribution in [-0.2, 0) is 16.1 Å². The van der Waals surface area contributed by atoms with Gasteiger partial charge in [-0.15, -0.1) is 0 Å². The van der Waals surface area contributed by atoms with E-state index >= 15 is 0 Å². The van der Waals surface area contributed by atoms with E-state index in [1.807, 2.05) is 48.5 Å². The molecular weight excluding hydrogens is 368 g/mol. The quantitative estimate of drug-likeness (QED) is 0.677. The molecule has 1 aromatic heterocycles. The fourth-order valence-electron chi connectivity index (χ4n) is 3.59. The van der Waals surface area contributed by atoms with Crippen LogP contribution in [0.2, 0.25) is 0 Å². The summed E-state index contributed by atoms with van der Waals surface area (Å²) in [5.41, 5.74) is 3.46. The molecule has 1 atom stereocenters. The summed E-state index contributed by atoms with van der Waals surface area (Å²) in [7, 11) is 1.60. The van der Waals surface area contributed by atoms with Crippen LogP contribution < -0.4 is 10.1 Å². The zero-order chi connectivity index (χ0) is 20.2. The first kappa shape index (κ1) is 18.7. The molecule has 2 amide bonds. The largest absolute Gasteiger partial charge is 0.496 e. The molecule has 2 aromatic carbocycles. The van der Waals surface area contributed by atoms with Crippen LogP contribution in [0.3, 0.4) is 0 Å². The van der Waals surface area contributed by atoms with Gasteiger partial charge in [0.05, 0.1) is 31.9 Å². The van der Waals surface area contributed by atoms with Gasteiger partial charge in [0.1, 0.15) is 11.8 Å². The Hall–Kier alpha value is -3.61. The molecule has 0 bridgehead atoms. The second kappa shape index (κ2) is 8.18. The number of hydrogen-bond donors (Lipinski definition) is 2. The average Bonchev–Trinajstić information content (AvgIpc) is 3.40. The lowest BCUT2D eigenvalue weighted by Gasteiger charge is -2.25. The van der Waals surface area contributed by atoms with Crippen molar-refractivity contribution in [3.8, 4) is 17.0 Å². The Labute approximate surface area is 168 Å². The second-order valence-electron chi connectivity index (χ2n) is 6.92. The normalized spacial score (nSPS) is 16.1. The Morgan fingerprint density at radius 2 is 2.03 bits per heavy atom. The first-order chi connectivity index (χ1) is 14.2. The highest BCUT2D eigenvalue weighted by Crippen LogP contribution is 2.27. The molecule has 4 rings (SSSR count). The molecule has 3 aromatic rings. The number of amides is 2. The van der Waals surface area contributed by atoms with Crippen molar-refractivity contribution in [2.75, 3.05) is 12.4 Å². The van der Waals surface area contributed by atoms with Crippen LogP contribution in [0.4, 0.5) is 5.69 Å². The van der Waals surface area contributed by atoms with Crippen molar-refractivity contribution in [3.63, 3.8) is 0 Å². The maximum Gasteiger partial charge on any atom is 0.247 e. The predicted octanol–water partition coefficient (Wildman–Crippen LogP) is 3.22. The van der Waals surface area contributed by atoms with Crippen molar-refractivity contribution in [2.45, 2.75) is 25.4 Å². The van der Waals surface area contributed by atoms with E-state index in [0.717, 1.165) is 16.8 Å². The molecule has 7 heteroatoms. The molecule has 7 nitrogen and oxygen atoms in total. The molecule has 1 saturated heterocycles. The number of aromatic amines is 1. The minimum atomic E-state index is -0.500. The van der Waals surface area contributed by atoms with Crippen molar-refractivity contribution < 1.29 is 14.3 Å². The first-order valence-electron chi connectivity index (χ1n) is 9.47. The van der Waals surface area contributed by atoms with Gasteiger partial charge in [0, 0.05) is 17.7 Å². The van der Waals surface area contributed by atoms with E-state index < -0.39 is 6.04 Å². The summed E-state index contributed by atoms with van der Waals surface area (Å²) in [6, 6.07) is 14.6. The van der Waals surface area contributed by atoms with Crippen LogP contribution >= 0.6 is 0 Å². The Kier molecular flexibility index (Phi) is 5.29. The van der Waals surface area contributed by atoms with E-state index in [1.165, 1.54) is 0 Å². The van der Waals surface area contributed by atoms with Crippen LogP contribution in [-0.4, -0.2) is 39.8 Å². The number of methoxy groups -OCH3 is 1. The van der Waals surface area contributed by atoms with Crippen molar-refractivity contribution in [3.05, 3.63) is 66.6 Å². The Bertz CT molecular complexity index is 999. The van der Waals surface area contributed by atoms with Gasteiger partial charge in [0.25, 0.3) is 0 Å². The fraction of sp³-hybridized carbons (Fsp3) is 0.227. The van der Waals surface area contributed by atoms with Gasteiger partial charge < -0.3 is 19.9 Å². The summed E-state index contributed by atoms with van der Waals surface area (Å²) >= 11 is 0. The third-order valence-corrected chi connectivity index (χ3v) is 5.13. The lowest BCUT2D eigenvalue weighted by Crippen LogP contribution is -2.41. The second-order valence-corrected chi connectivity index (χ2v) is 6.92. The first-order valence-corrected chi connectivity index (χ1v) is 9.47. The number of imidazole rings is 1. The number of nitrogens with one attached hydrogen (secondary N) is 2. The third-order valence-electron chi connectivity index (χ3n) is 5.13. The van der Waals surface area contributed by atoms with Crippen molar-refractivity contribution in [1.82, 2.24) is 14.9 Å².